The van der Waals surface area contributed by atoms with Crippen LogP contribution in [0.1, 0.15) is 16.1 Å². The summed E-state index contributed by atoms with van der Waals surface area (Å²) in [6, 6.07) is 9.26. The van der Waals surface area contributed by atoms with Gasteiger partial charge in [0.1, 0.15) is 24.2 Å². The Labute approximate surface area is 154 Å². The molecule has 3 rings (SSSR count). The summed E-state index contributed by atoms with van der Waals surface area (Å²) in [6.07, 6.45) is 2.41. The van der Waals surface area contributed by atoms with Crippen molar-refractivity contribution in [2.24, 2.45) is 0 Å². The number of hydrogen-bond acceptors (Lipinski definition) is 7. The summed E-state index contributed by atoms with van der Waals surface area (Å²) in [4.78, 5) is 24.6. The minimum absolute atomic E-state index is 0.0688. The van der Waals surface area contributed by atoms with Crippen molar-refractivity contribution in [3.8, 4) is 16.6 Å². The first-order chi connectivity index (χ1) is 12.6. The van der Waals surface area contributed by atoms with E-state index in [1.165, 1.54) is 11.3 Å². The average molecular weight is 370 g/mol. The van der Waals surface area contributed by atoms with Crippen LogP contribution in [0.2, 0.25) is 0 Å². The summed E-state index contributed by atoms with van der Waals surface area (Å²) < 4.78 is 5.52. The Hall–Kier alpha value is -2.84. The second-order valence-electron chi connectivity index (χ2n) is 5.60. The Bertz CT molecular complexity index is 870. The van der Waals surface area contributed by atoms with E-state index in [4.69, 9.17) is 4.74 Å². The number of nitrogens with one attached hydrogen (secondary N) is 1. The lowest BCUT2D eigenvalue weighted by Gasteiger charge is -2.13. The zero-order valence-electron chi connectivity index (χ0n) is 14.1. The van der Waals surface area contributed by atoms with Crippen LogP contribution in [-0.4, -0.2) is 45.2 Å². The predicted octanol–water partition coefficient (Wildman–Crippen LogP) is 2.08. The van der Waals surface area contributed by atoms with Gasteiger partial charge in [0.25, 0.3) is 5.91 Å². The van der Waals surface area contributed by atoms with Gasteiger partial charge in [-0.2, -0.15) is 0 Å². The molecule has 8 heteroatoms. The Morgan fingerprint density at radius 1 is 1.31 bits per heavy atom. The van der Waals surface area contributed by atoms with Crippen LogP contribution < -0.4 is 10.1 Å². The number of carbonyl (C=O) groups is 1. The van der Waals surface area contributed by atoms with Crippen LogP contribution in [0.5, 0.6) is 5.75 Å². The predicted molar refractivity (Wildman–Crippen MR) is 98.2 cm³/mol. The van der Waals surface area contributed by atoms with E-state index in [2.05, 4.69) is 20.3 Å². The molecule has 0 radical (unpaired) electrons. The van der Waals surface area contributed by atoms with Crippen LogP contribution in [-0.2, 0) is 0 Å². The first kappa shape index (κ1) is 18.0. The molecule has 0 aliphatic rings. The second-order valence-corrected chi connectivity index (χ2v) is 6.46. The fraction of sp³-hybridized carbons (Fsp3) is 0.222. The van der Waals surface area contributed by atoms with E-state index in [0.29, 0.717) is 16.6 Å². The Balaban J connectivity index is 1.48. The molecular weight excluding hydrogens is 352 g/mol. The molecule has 2 N–H and O–H groups in total. The summed E-state index contributed by atoms with van der Waals surface area (Å²) >= 11 is 1.29. The van der Waals surface area contributed by atoms with Crippen LogP contribution in [0.25, 0.3) is 10.8 Å². The van der Waals surface area contributed by atoms with E-state index < -0.39 is 6.10 Å². The van der Waals surface area contributed by atoms with Crippen molar-refractivity contribution in [3.63, 3.8) is 0 Å². The number of aliphatic hydroxyl groups is 1. The summed E-state index contributed by atoms with van der Waals surface area (Å²) in [7, 11) is 0. The van der Waals surface area contributed by atoms with E-state index in [0.717, 1.165) is 5.56 Å². The molecule has 1 atom stereocenters. The molecule has 1 aromatic carbocycles. The highest BCUT2D eigenvalue weighted by molar-refractivity contribution is 7.13. The first-order valence-electron chi connectivity index (χ1n) is 8.00. The lowest BCUT2D eigenvalue weighted by atomic mass is 10.2. The molecular formula is C18H18N4O3S. The highest BCUT2D eigenvalue weighted by atomic mass is 32.1. The van der Waals surface area contributed by atoms with Gasteiger partial charge in [-0.1, -0.05) is 12.1 Å². The number of carbonyl (C=O) groups excluding carboxylic acids is 1. The number of rotatable bonds is 7. The van der Waals surface area contributed by atoms with Crippen LogP contribution >= 0.6 is 11.3 Å². The van der Waals surface area contributed by atoms with Gasteiger partial charge in [0.15, 0.2) is 10.8 Å². The fourth-order valence-electron chi connectivity index (χ4n) is 2.15. The number of benzene rings is 1. The Morgan fingerprint density at radius 2 is 2.12 bits per heavy atom. The minimum Gasteiger partial charge on any atom is -0.491 e. The number of ether oxygens (including phenoxy) is 1. The molecule has 0 spiro atoms. The maximum Gasteiger partial charge on any atom is 0.270 e. The minimum atomic E-state index is -0.824. The van der Waals surface area contributed by atoms with Crippen LogP contribution in [0.4, 0.5) is 0 Å². The SMILES string of the molecule is Cc1cccc(OCC(O)CNC(=O)c2csc(-c3ncccn3)n2)c1. The maximum atomic E-state index is 12.2. The van der Waals surface area contributed by atoms with Gasteiger partial charge in [-0.15, -0.1) is 11.3 Å². The molecule has 0 bridgehead atoms. The molecule has 0 aliphatic carbocycles. The smallest absolute Gasteiger partial charge is 0.270 e. The van der Waals surface area contributed by atoms with Gasteiger partial charge < -0.3 is 15.2 Å². The zero-order valence-corrected chi connectivity index (χ0v) is 14.9. The van der Waals surface area contributed by atoms with Crippen molar-refractivity contribution in [1.29, 1.82) is 0 Å². The van der Waals surface area contributed by atoms with Gasteiger partial charge in [-0.3, -0.25) is 4.79 Å². The topological polar surface area (TPSA) is 97.2 Å². The van der Waals surface area contributed by atoms with E-state index in [-0.39, 0.29) is 24.8 Å². The third-order valence-corrected chi connectivity index (χ3v) is 4.26. The number of amides is 1. The quantitative estimate of drug-likeness (QED) is 0.661. The van der Waals surface area contributed by atoms with E-state index in [1.807, 2.05) is 31.2 Å². The number of aromatic nitrogens is 3. The lowest BCUT2D eigenvalue weighted by molar-refractivity contribution is 0.0840. The zero-order chi connectivity index (χ0) is 18.4. The molecule has 1 unspecified atom stereocenters. The molecule has 0 aliphatic heterocycles. The fourth-order valence-corrected chi connectivity index (χ4v) is 2.89. The van der Waals surface area contributed by atoms with Crippen molar-refractivity contribution < 1.29 is 14.6 Å². The number of aliphatic hydroxyl groups excluding tert-OH is 1. The van der Waals surface area contributed by atoms with Gasteiger partial charge in [0.2, 0.25) is 0 Å². The molecule has 2 heterocycles. The number of hydrogen-bond donors (Lipinski definition) is 2. The van der Waals surface area contributed by atoms with Gasteiger partial charge in [0, 0.05) is 24.3 Å². The van der Waals surface area contributed by atoms with Gasteiger partial charge >= 0.3 is 0 Å². The summed E-state index contributed by atoms with van der Waals surface area (Å²) in [5, 5.41) is 14.8. The van der Waals surface area contributed by atoms with E-state index >= 15 is 0 Å². The average Bonchev–Trinajstić information content (AvgIpc) is 3.15. The highest BCUT2D eigenvalue weighted by Gasteiger charge is 2.14. The summed E-state index contributed by atoms with van der Waals surface area (Å²) in [5.41, 5.74) is 1.34. The van der Waals surface area contributed by atoms with E-state index in [1.54, 1.807) is 23.8 Å². The molecule has 2 aromatic heterocycles. The van der Waals surface area contributed by atoms with Crippen LogP contribution in [0, 0.1) is 6.92 Å². The van der Waals surface area contributed by atoms with Crippen molar-refractivity contribution in [1.82, 2.24) is 20.3 Å². The molecule has 0 saturated heterocycles. The van der Waals surface area contributed by atoms with Crippen molar-refractivity contribution in [2.75, 3.05) is 13.2 Å². The normalized spacial score (nSPS) is 11.8. The third kappa shape index (κ3) is 4.84. The summed E-state index contributed by atoms with van der Waals surface area (Å²) in [5.74, 6) is 0.795. The highest BCUT2D eigenvalue weighted by Crippen LogP contribution is 2.19. The third-order valence-electron chi connectivity index (χ3n) is 3.42. The Kier molecular flexibility index (Phi) is 5.88. The van der Waals surface area contributed by atoms with Crippen molar-refractivity contribution >= 4 is 17.2 Å². The molecule has 3 aromatic rings. The van der Waals surface area contributed by atoms with Crippen molar-refractivity contribution in [3.05, 3.63) is 59.4 Å². The molecule has 0 saturated carbocycles. The van der Waals surface area contributed by atoms with E-state index in [9.17, 15) is 9.90 Å². The van der Waals surface area contributed by atoms with Crippen molar-refractivity contribution in [2.45, 2.75) is 13.0 Å². The molecule has 7 nitrogen and oxygen atoms in total. The monoisotopic (exact) mass is 370 g/mol. The number of thiazole rings is 1. The maximum absolute atomic E-state index is 12.2. The molecule has 0 fully saturated rings. The largest absolute Gasteiger partial charge is 0.491 e. The van der Waals surface area contributed by atoms with Gasteiger partial charge in [0.05, 0.1) is 0 Å². The molecule has 26 heavy (non-hydrogen) atoms. The number of aryl methyl sites for hydroxylation is 1. The molecule has 134 valence electrons. The van der Waals surface area contributed by atoms with Crippen LogP contribution in [0.15, 0.2) is 48.1 Å². The lowest BCUT2D eigenvalue weighted by Crippen LogP contribution is -2.35. The first-order valence-corrected chi connectivity index (χ1v) is 8.88. The number of nitrogens with zero attached hydrogens (tertiary/aromatic N) is 3. The summed E-state index contributed by atoms with van der Waals surface area (Å²) in [6.45, 7) is 2.12. The van der Waals surface area contributed by atoms with Gasteiger partial charge in [-0.05, 0) is 30.7 Å². The Morgan fingerprint density at radius 3 is 2.88 bits per heavy atom. The van der Waals surface area contributed by atoms with Gasteiger partial charge in [-0.25, -0.2) is 15.0 Å². The second kappa shape index (κ2) is 8.50. The van der Waals surface area contributed by atoms with Crippen LogP contribution in [0.3, 0.4) is 0 Å². The standard InChI is InChI=1S/C18H18N4O3S/c1-12-4-2-5-14(8-12)25-10-13(23)9-21-17(24)15-11-26-18(22-15)16-19-6-3-7-20-16/h2-8,11,13,23H,9-10H2,1H3,(H,21,24). The molecule has 1 amide bonds.